The van der Waals surface area contributed by atoms with Crippen LogP contribution in [0.5, 0.6) is 0 Å². The van der Waals surface area contributed by atoms with E-state index in [1.165, 1.54) is 50.5 Å². The third kappa shape index (κ3) is 2.19. The maximum absolute atomic E-state index is 12.4. The molecular formula is C31H45ClN2O2. The highest BCUT2D eigenvalue weighted by Crippen LogP contribution is 2.95. The molecule has 8 aliphatic rings. The number of piperidine rings is 1. The number of alkyl halides is 1. The van der Waals surface area contributed by atoms with E-state index in [1.54, 1.807) is 0 Å². The Morgan fingerprint density at radius 2 is 2.03 bits per heavy atom. The van der Waals surface area contributed by atoms with E-state index >= 15 is 0 Å². The van der Waals surface area contributed by atoms with Crippen molar-refractivity contribution in [1.82, 2.24) is 4.90 Å². The van der Waals surface area contributed by atoms with Gasteiger partial charge in [0.2, 0.25) is 0 Å². The summed E-state index contributed by atoms with van der Waals surface area (Å²) in [6.07, 6.45) is 15.4. The average molecular weight is 513 g/mol. The van der Waals surface area contributed by atoms with E-state index < -0.39 is 0 Å². The molecule has 2 saturated heterocycles. The van der Waals surface area contributed by atoms with Crippen molar-refractivity contribution in [3.63, 3.8) is 0 Å². The van der Waals surface area contributed by atoms with Gasteiger partial charge in [0, 0.05) is 36.7 Å². The Hall–Kier alpha value is -0.420. The van der Waals surface area contributed by atoms with Crippen LogP contribution >= 0.6 is 11.6 Å². The fraction of sp³-hybridized carbons (Fsp3) is 0.903. The highest BCUT2D eigenvalue weighted by molar-refractivity contribution is 6.18. The van der Waals surface area contributed by atoms with E-state index in [0.717, 1.165) is 50.6 Å². The van der Waals surface area contributed by atoms with Crippen molar-refractivity contribution < 1.29 is 9.53 Å². The maximum Gasteiger partial charge on any atom is 0.155 e. The Bertz CT molecular complexity index is 1080. The first-order chi connectivity index (χ1) is 17.2. The van der Waals surface area contributed by atoms with E-state index in [0.29, 0.717) is 39.7 Å². The molecule has 198 valence electrons. The van der Waals surface area contributed by atoms with Gasteiger partial charge in [0.25, 0.3) is 0 Å². The molecule has 2 aliphatic heterocycles. The molecule has 0 aromatic heterocycles. The highest BCUT2D eigenvalue weighted by Gasteiger charge is 2.94. The molecule has 0 aromatic carbocycles. The molecule has 6 aliphatic carbocycles. The van der Waals surface area contributed by atoms with E-state index in [1.807, 2.05) is 0 Å². The average Bonchev–Trinajstić information content (AvgIpc) is 3.38. The molecule has 5 saturated carbocycles. The summed E-state index contributed by atoms with van der Waals surface area (Å²) in [5.41, 5.74) is 9.99. The van der Waals surface area contributed by atoms with Gasteiger partial charge in [-0.3, -0.25) is 9.69 Å². The van der Waals surface area contributed by atoms with Crippen molar-refractivity contribution >= 4 is 17.4 Å². The number of carbonyl (C=O) groups excluding carboxylic acids is 1. The van der Waals surface area contributed by atoms with Crippen LogP contribution in [-0.4, -0.2) is 47.0 Å². The molecule has 0 radical (unpaired) electrons. The Kier molecular flexibility index (Phi) is 4.45. The lowest BCUT2D eigenvalue weighted by molar-refractivity contribution is -0.212. The number of rotatable bonds is 3. The summed E-state index contributed by atoms with van der Waals surface area (Å²) in [5.74, 6) is 3.75. The number of ketones is 1. The van der Waals surface area contributed by atoms with E-state index in [9.17, 15) is 4.79 Å². The standard InChI is InChI=1S/C31H45ClN2O2/c1-4-27-17-28-18-29(28)15-24-30(29,36-25-13-19(2)16-34(12-11-32)31(24,25)33)10-8-23(28)22(27)6-5-20-14-21(35)7-9-26(20,27)3/h14,19,22-25H,4-13,15-18,33H2,1-3H3/t19?,22?,23?,24-,25+,26-,27-,28?,29?,30+,31?/m0/s1. The number of nitrogens with two attached hydrogens (primary N) is 1. The summed E-state index contributed by atoms with van der Waals surface area (Å²) in [6.45, 7) is 9.33. The SMILES string of the molecule is CC[C@]12CC34CC35C[C@@H]3C6(N)[C@@H](CC(C)CN6CCCl)O[C@]35CCC4C1CCC1=CC(=O)CC[C@@]12C. The lowest BCUT2D eigenvalue weighted by Crippen LogP contribution is -2.74. The normalized spacial score (nSPS) is 60.4. The molecular weight excluding hydrogens is 468 g/mol. The van der Waals surface area contributed by atoms with E-state index in [2.05, 4.69) is 31.7 Å². The van der Waals surface area contributed by atoms with E-state index in [-0.39, 0.29) is 22.8 Å². The largest absolute Gasteiger partial charge is 0.367 e. The predicted octanol–water partition coefficient (Wildman–Crippen LogP) is 5.67. The second-order valence-electron chi connectivity index (χ2n) is 15.0. The Balaban J connectivity index is 1.19. The fourth-order valence-electron chi connectivity index (χ4n) is 13.2. The van der Waals surface area contributed by atoms with Crippen LogP contribution in [0.4, 0.5) is 0 Å². The van der Waals surface area contributed by atoms with Gasteiger partial charge in [-0.15, -0.1) is 11.6 Å². The first-order valence-corrected chi connectivity index (χ1v) is 15.7. The molecule has 3 spiro atoms. The zero-order valence-electron chi connectivity index (χ0n) is 22.6. The Labute approximate surface area is 222 Å². The number of hydrogen-bond acceptors (Lipinski definition) is 4. The van der Waals surface area contributed by atoms with Crippen molar-refractivity contribution in [2.75, 3.05) is 19.0 Å². The van der Waals surface area contributed by atoms with Gasteiger partial charge in [0.05, 0.1) is 11.7 Å². The number of allylic oxidation sites excluding steroid dienone is 2. The number of likely N-dealkylation sites (tertiary alicyclic amines) is 1. The summed E-state index contributed by atoms with van der Waals surface area (Å²) < 4.78 is 7.35. The minimum absolute atomic E-state index is 0.00205. The molecule has 5 heteroatoms. The van der Waals surface area contributed by atoms with Crippen molar-refractivity contribution in [2.45, 2.75) is 109 Å². The quantitative estimate of drug-likeness (QED) is 0.495. The number of carbonyl (C=O) groups is 1. The van der Waals surface area contributed by atoms with Crippen LogP contribution in [0, 0.1) is 45.3 Å². The van der Waals surface area contributed by atoms with Crippen LogP contribution in [0.1, 0.15) is 91.4 Å². The predicted molar refractivity (Wildman–Crippen MR) is 141 cm³/mol. The van der Waals surface area contributed by atoms with Crippen molar-refractivity contribution in [3.8, 4) is 0 Å². The summed E-state index contributed by atoms with van der Waals surface area (Å²) in [6, 6.07) is 0. The van der Waals surface area contributed by atoms with Gasteiger partial charge in [-0.25, -0.2) is 0 Å². The second-order valence-corrected chi connectivity index (χ2v) is 15.4. The first-order valence-electron chi connectivity index (χ1n) is 15.2. The number of halogens is 1. The highest BCUT2D eigenvalue weighted by atomic mass is 35.5. The molecule has 8 rings (SSSR count). The summed E-state index contributed by atoms with van der Waals surface area (Å²) in [5, 5.41) is 0. The molecule has 0 bridgehead atoms. The second kappa shape index (κ2) is 6.83. The van der Waals surface area contributed by atoms with Crippen molar-refractivity contribution in [1.29, 1.82) is 0 Å². The van der Waals surface area contributed by atoms with Crippen LogP contribution in [0.3, 0.4) is 0 Å². The topological polar surface area (TPSA) is 55.6 Å². The molecule has 4 nitrogen and oxygen atoms in total. The van der Waals surface area contributed by atoms with E-state index in [4.69, 9.17) is 22.1 Å². The summed E-state index contributed by atoms with van der Waals surface area (Å²) in [7, 11) is 0. The summed E-state index contributed by atoms with van der Waals surface area (Å²) in [4.78, 5) is 15.0. The zero-order chi connectivity index (χ0) is 24.9. The van der Waals surface area contributed by atoms with Gasteiger partial charge in [-0.1, -0.05) is 26.3 Å². The van der Waals surface area contributed by atoms with Crippen LogP contribution in [-0.2, 0) is 9.53 Å². The molecule has 2 heterocycles. The lowest BCUT2D eigenvalue weighted by Gasteiger charge is -2.62. The molecule has 7 fully saturated rings. The first kappa shape index (κ1) is 23.5. The fourth-order valence-corrected chi connectivity index (χ4v) is 13.4. The molecule has 11 atom stereocenters. The molecule has 2 N–H and O–H groups in total. The number of ether oxygens (including phenoxy) is 1. The number of hydrogen-bond donors (Lipinski definition) is 1. The van der Waals surface area contributed by atoms with Gasteiger partial charge in [-0.05, 0) is 104 Å². The van der Waals surface area contributed by atoms with Crippen LogP contribution in [0.2, 0.25) is 0 Å². The number of fused-ring (bicyclic) bond motifs is 6. The Morgan fingerprint density at radius 1 is 1.19 bits per heavy atom. The van der Waals surface area contributed by atoms with Crippen molar-refractivity contribution in [2.24, 2.45) is 51.1 Å². The third-order valence-electron chi connectivity index (χ3n) is 14.6. The van der Waals surface area contributed by atoms with Crippen LogP contribution in [0.25, 0.3) is 0 Å². The molecule has 0 aromatic rings. The lowest BCUT2D eigenvalue weighted by atomic mass is 9.46. The van der Waals surface area contributed by atoms with Crippen LogP contribution in [0.15, 0.2) is 11.6 Å². The van der Waals surface area contributed by atoms with Gasteiger partial charge in [-0.2, -0.15) is 0 Å². The van der Waals surface area contributed by atoms with Crippen molar-refractivity contribution in [3.05, 3.63) is 11.6 Å². The zero-order valence-corrected chi connectivity index (χ0v) is 23.3. The molecule has 36 heavy (non-hydrogen) atoms. The van der Waals surface area contributed by atoms with Gasteiger partial charge < -0.3 is 10.5 Å². The maximum atomic E-state index is 12.4. The number of nitrogens with zero attached hydrogens (tertiary/aromatic N) is 1. The van der Waals surface area contributed by atoms with Gasteiger partial charge >= 0.3 is 0 Å². The Morgan fingerprint density at radius 3 is 2.81 bits per heavy atom. The third-order valence-corrected chi connectivity index (χ3v) is 14.7. The van der Waals surface area contributed by atoms with Gasteiger partial charge in [0.15, 0.2) is 5.78 Å². The summed E-state index contributed by atoms with van der Waals surface area (Å²) >= 11 is 6.30. The van der Waals surface area contributed by atoms with Gasteiger partial charge in [0.1, 0.15) is 5.66 Å². The molecule has 0 amide bonds. The minimum atomic E-state index is -0.331. The smallest absolute Gasteiger partial charge is 0.155 e. The molecule has 6 unspecified atom stereocenters. The minimum Gasteiger partial charge on any atom is -0.367 e. The monoisotopic (exact) mass is 512 g/mol. The van der Waals surface area contributed by atoms with Crippen LogP contribution < -0.4 is 5.73 Å².